The third kappa shape index (κ3) is 5.68. The van der Waals surface area contributed by atoms with Crippen LogP contribution in [0.4, 0.5) is 11.4 Å². The van der Waals surface area contributed by atoms with Crippen molar-refractivity contribution >= 4 is 34.6 Å². The number of piperazine rings is 1. The first-order chi connectivity index (χ1) is 14.0. The largest absolute Gasteiger partial charge is 0.497 e. The predicted molar refractivity (Wildman–Crippen MR) is 121 cm³/mol. The highest BCUT2D eigenvalue weighted by Crippen LogP contribution is 2.18. The topological polar surface area (TPSA) is 58.0 Å². The zero-order chi connectivity index (χ0) is 20.8. The average Bonchev–Trinajstić information content (AvgIpc) is 2.72. The molecule has 0 radical (unpaired) electrons. The van der Waals surface area contributed by atoms with Gasteiger partial charge in [-0.3, -0.25) is 4.79 Å². The Hall–Kier alpha value is -2.64. The van der Waals surface area contributed by atoms with Crippen LogP contribution in [0, 0.1) is 13.8 Å². The maximum atomic E-state index is 12.5. The summed E-state index contributed by atoms with van der Waals surface area (Å²) in [4.78, 5) is 15.9. The van der Waals surface area contributed by atoms with Crippen molar-refractivity contribution in [2.75, 3.05) is 50.5 Å². The summed E-state index contributed by atoms with van der Waals surface area (Å²) in [5, 5.41) is 7.03. The van der Waals surface area contributed by atoms with Crippen LogP contribution in [-0.4, -0.2) is 55.8 Å². The van der Waals surface area contributed by atoms with E-state index in [1.54, 1.807) is 7.11 Å². The summed E-state index contributed by atoms with van der Waals surface area (Å²) in [6.45, 7) is 7.95. The molecule has 1 amide bonds. The fourth-order valence-corrected chi connectivity index (χ4v) is 3.71. The Morgan fingerprint density at radius 2 is 1.86 bits per heavy atom. The average molecular weight is 414 g/mol. The monoisotopic (exact) mass is 413 g/mol. The van der Waals surface area contributed by atoms with Gasteiger partial charge in [-0.05, 0) is 55.4 Å². The van der Waals surface area contributed by atoms with E-state index in [4.69, 9.17) is 17.0 Å². The summed E-state index contributed by atoms with van der Waals surface area (Å²) < 4.78 is 5.25. The van der Waals surface area contributed by atoms with E-state index in [0.29, 0.717) is 11.7 Å². The summed E-state index contributed by atoms with van der Waals surface area (Å²) in [7, 11) is 1.65. The summed E-state index contributed by atoms with van der Waals surface area (Å²) in [6, 6.07) is 13.7. The van der Waals surface area contributed by atoms with Gasteiger partial charge in [-0.2, -0.15) is 0 Å². The molecule has 0 saturated carbocycles. The van der Waals surface area contributed by atoms with Crippen molar-refractivity contribution in [1.82, 2.24) is 4.90 Å². The molecule has 1 fully saturated rings. The van der Waals surface area contributed by atoms with Gasteiger partial charge in [-0.15, -0.1) is 0 Å². The minimum Gasteiger partial charge on any atom is -0.497 e. The van der Waals surface area contributed by atoms with E-state index in [-0.39, 0.29) is 5.91 Å². The van der Waals surface area contributed by atoms with Gasteiger partial charge in [0.05, 0.1) is 33.3 Å². The Morgan fingerprint density at radius 3 is 2.59 bits per heavy atom. The second-order valence-electron chi connectivity index (χ2n) is 7.37. The molecule has 1 saturated heterocycles. The quantitative estimate of drug-likeness (QED) is 0.653. The number of hydrogen-bond donors (Lipinski definition) is 3. The maximum Gasteiger partial charge on any atom is 0.279 e. The number of rotatable bonds is 5. The molecule has 3 N–H and O–H groups in total. The van der Waals surface area contributed by atoms with E-state index in [1.165, 1.54) is 10.5 Å². The molecule has 0 aliphatic carbocycles. The third-order valence-corrected chi connectivity index (χ3v) is 5.73. The Kier molecular flexibility index (Phi) is 7.06. The normalized spacial score (nSPS) is 14.4. The number of anilines is 2. The number of nitrogens with zero attached hydrogens (tertiary/aromatic N) is 1. The van der Waals surface area contributed by atoms with Crippen LogP contribution in [0.3, 0.4) is 0 Å². The van der Waals surface area contributed by atoms with Crippen molar-refractivity contribution < 1.29 is 14.4 Å². The van der Waals surface area contributed by atoms with Gasteiger partial charge in [0.15, 0.2) is 11.7 Å². The number of amides is 1. The number of benzene rings is 2. The molecular formula is C22H29N4O2S+. The van der Waals surface area contributed by atoms with Gasteiger partial charge in [-0.1, -0.05) is 18.2 Å². The number of thiocarbonyl (C=S) groups is 1. The van der Waals surface area contributed by atoms with Gasteiger partial charge < -0.3 is 25.2 Å². The molecule has 0 unspecified atom stereocenters. The first-order valence-electron chi connectivity index (χ1n) is 9.86. The molecule has 3 rings (SSSR count). The summed E-state index contributed by atoms with van der Waals surface area (Å²) >= 11 is 5.56. The SMILES string of the molecule is COc1cccc(NC(=S)N2CC[NH+](CC(=O)Nc3cccc(C)c3C)CC2)c1. The molecule has 0 aromatic heterocycles. The first kappa shape index (κ1) is 21.1. The van der Waals surface area contributed by atoms with E-state index < -0.39 is 0 Å². The van der Waals surface area contributed by atoms with Crippen LogP contribution < -0.4 is 20.3 Å². The van der Waals surface area contributed by atoms with E-state index >= 15 is 0 Å². The molecule has 0 spiro atoms. The van der Waals surface area contributed by atoms with Crippen LogP contribution >= 0.6 is 12.2 Å². The predicted octanol–water partition coefficient (Wildman–Crippen LogP) is 1.85. The zero-order valence-corrected chi connectivity index (χ0v) is 18.1. The molecule has 6 nitrogen and oxygen atoms in total. The minimum atomic E-state index is 0.0548. The number of carbonyl (C=O) groups excluding carboxylic acids is 1. The molecular weight excluding hydrogens is 384 g/mol. The van der Waals surface area contributed by atoms with Crippen LogP contribution in [0.15, 0.2) is 42.5 Å². The number of ether oxygens (including phenoxy) is 1. The molecule has 0 bridgehead atoms. The third-order valence-electron chi connectivity index (χ3n) is 5.37. The fourth-order valence-electron chi connectivity index (χ4n) is 3.41. The molecule has 7 heteroatoms. The molecule has 1 aliphatic rings. The number of aryl methyl sites for hydroxylation is 1. The van der Waals surface area contributed by atoms with Gasteiger partial charge in [0.25, 0.3) is 5.91 Å². The number of methoxy groups -OCH3 is 1. The summed E-state index contributed by atoms with van der Waals surface area (Å²) in [5.74, 6) is 0.848. The summed E-state index contributed by atoms with van der Waals surface area (Å²) in [5.41, 5.74) is 4.11. The van der Waals surface area contributed by atoms with Gasteiger partial charge >= 0.3 is 0 Å². The number of quaternary nitrogens is 1. The van der Waals surface area contributed by atoms with Crippen molar-refractivity contribution in [3.05, 3.63) is 53.6 Å². The lowest BCUT2D eigenvalue weighted by molar-refractivity contribution is -0.895. The Balaban J connectivity index is 1.46. The van der Waals surface area contributed by atoms with Crippen molar-refractivity contribution in [2.45, 2.75) is 13.8 Å². The van der Waals surface area contributed by atoms with Gasteiger partial charge in [0.2, 0.25) is 0 Å². The lowest BCUT2D eigenvalue weighted by atomic mass is 10.1. The molecule has 154 valence electrons. The van der Waals surface area contributed by atoms with Crippen LogP contribution in [0.1, 0.15) is 11.1 Å². The standard InChI is InChI=1S/C22H28N4O2S/c1-16-6-4-9-20(17(16)2)24-21(27)15-25-10-12-26(13-11-25)22(29)23-18-7-5-8-19(14-18)28-3/h4-9,14H,10-13,15H2,1-3H3,(H,23,29)(H,24,27)/p+1. The lowest BCUT2D eigenvalue weighted by Crippen LogP contribution is -3.15. The zero-order valence-electron chi connectivity index (χ0n) is 17.2. The molecule has 1 aliphatic heterocycles. The molecule has 2 aromatic carbocycles. The van der Waals surface area contributed by atoms with E-state index in [0.717, 1.165) is 48.9 Å². The van der Waals surface area contributed by atoms with Crippen LogP contribution in [0.25, 0.3) is 0 Å². The molecule has 0 atom stereocenters. The highest BCUT2D eigenvalue weighted by molar-refractivity contribution is 7.80. The Morgan fingerprint density at radius 1 is 1.14 bits per heavy atom. The fraction of sp³-hybridized carbons (Fsp3) is 0.364. The lowest BCUT2D eigenvalue weighted by Gasteiger charge is -2.33. The van der Waals surface area contributed by atoms with Crippen LogP contribution in [-0.2, 0) is 4.79 Å². The minimum absolute atomic E-state index is 0.0548. The smallest absolute Gasteiger partial charge is 0.279 e. The Bertz CT molecular complexity index is 879. The highest BCUT2D eigenvalue weighted by Gasteiger charge is 2.24. The van der Waals surface area contributed by atoms with Crippen LogP contribution in [0.5, 0.6) is 5.75 Å². The van der Waals surface area contributed by atoms with Crippen molar-refractivity contribution in [3.63, 3.8) is 0 Å². The molecule has 1 heterocycles. The maximum absolute atomic E-state index is 12.5. The number of nitrogens with one attached hydrogen (secondary N) is 3. The van der Waals surface area contributed by atoms with E-state index in [1.807, 2.05) is 43.3 Å². The second-order valence-corrected chi connectivity index (χ2v) is 7.76. The summed E-state index contributed by atoms with van der Waals surface area (Å²) in [6.07, 6.45) is 0. The highest BCUT2D eigenvalue weighted by atomic mass is 32.1. The van der Waals surface area contributed by atoms with Crippen molar-refractivity contribution in [1.29, 1.82) is 0 Å². The number of hydrogen-bond acceptors (Lipinski definition) is 3. The van der Waals surface area contributed by atoms with Crippen molar-refractivity contribution in [3.8, 4) is 5.75 Å². The van der Waals surface area contributed by atoms with Crippen molar-refractivity contribution in [2.24, 2.45) is 0 Å². The second kappa shape index (κ2) is 9.71. The first-order valence-corrected chi connectivity index (χ1v) is 10.3. The van der Waals surface area contributed by atoms with Gasteiger partial charge in [0.1, 0.15) is 5.75 Å². The van der Waals surface area contributed by atoms with Crippen LogP contribution in [0.2, 0.25) is 0 Å². The van der Waals surface area contributed by atoms with Gasteiger partial charge in [0, 0.05) is 17.4 Å². The molecule has 29 heavy (non-hydrogen) atoms. The van der Waals surface area contributed by atoms with Gasteiger partial charge in [-0.25, -0.2) is 0 Å². The van der Waals surface area contributed by atoms with E-state index in [2.05, 4.69) is 28.5 Å². The Labute approximate surface area is 177 Å². The molecule has 2 aromatic rings. The van der Waals surface area contributed by atoms with E-state index in [9.17, 15) is 4.79 Å². The number of carbonyl (C=O) groups is 1.